The number of furan rings is 1. The van der Waals surface area contributed by atoms with E-state index in [4.69, 9.17) is 4.42 Å². The maximum Gasteiger partial charge on any atom is 0.252 e. The second kappa shape index (κ2) is 11.3. The lowest BCUT2D eigenvalue weighted by atomic mass is 9.94. The third kappa shape index (κ3) is 5.80. The number of hydrogen-bond acceptors (Lipinski definition) is 6. The lowest BCUT2D eigenvalue weighted by Gasteiger charge is -2.24. The van der Waals surface area contributed by atoms with Gasteiger partial charge in [-0.15, -0.1) is 0 Å². The van der Waals surface area contributed by atoms with Gasteiger partial charge in [-0.3, -0.25) is 13.9 Å². The molecule has 3 aromatic carbocycles. The molecular weight excluding hydrogens is 562 g/mol. The first-order chi connectivity index (χ1) is 20.4. The smallest absolute Gasteiger partial charge is 0.252 e. The number of amides is 1. The van der Waals surface area contributed by atoms with Crippen molar-refractivity contribution in [3.63, 3.8) is 0 Å². The van der Waals surface area contributed by atoms with Gasteiger partial charge < -0.3 is 9.73 Å². The van der Waals surface area contributed by atoms with Crippen LogP contribution in [0.4, 0.5) is 5.69 Å². The van der Waals surface area contributed by atoms with E-state index in [-0.39, 0.29) is 30.6 Å². The van der Waals surface area contributed by atoms with Crippen molar-refractivity contribution < 1.29 is 22.4 Å². The Labute approximate surface area is 252 Å². The average Bonchev–Trinajstić information content (AvgIpc) is 3.78. The Kier molecular flexibility index (Phi) is 7.93. The largest absolute Gasteiger partial charge is 0.455 e. The highest BCUT2D eigenvalue weighted by atomic mass is 32.2. The Morgan fingerprint density at radius 3 is 2.35 bits per heavy atom. The van der Waals surface area contributed by atoms with Gasteiger partial charge in [0.15, 0.2) is 5.78 Å². The molecule has 1 N–H and O–H groups in total. The van der Waals surface area contributed by atoms with Crippen LogP contribution < -0.4 is 9.62 Å². The van der Waals surface area contributed by atoms with Gasteiger partial charge in [-0.2, -0.15) is 5.26 Å². The highest BCUT2D eigenvalue weighted by Gasteiger charge is 2.43. The summed E-state index contributed by atoms with van der Waals surface area (Å²) in [5.74, 6) is 0.0522. The summed E-state index contributed by atoms with van der Waals surface area (Å²) in [4.78, 5) is 26.7. The third-order valence-electron chi connectivity index (χ3n) is 8.11. The minimum atomic E-state index is -3.70. The maximum atomic E-state index is 13.4. The summed E-state index contributed by atoms with van der Waals surface area (Å²) in [6.45, 7) is 7.40. The lowest BCUT2D eigenvalue weighted by molar-refractivity contribution is 0.0916. The first kappa shape index (κ1) is 30.1. The van der Waals surface area contributed by atoms with E-state index in [2.05, 4.69) is 11.4 Å². The Balaban J connectivity index is 1.73. The van der Waals surface area contributed by atoms with E-state index in [1.807, 2.05) is 31.2 Å². The third-order valence-corrected chi connectivity index (χ3v) is 9.37. The number of sulfonamides is 1. The van der Waals surface area contributed by atoms with E-state index >= 15 is 0 Å². The summed E-state index contributed by atoms with van der Waals surface area (Å²) >= 11 is 0. The molecule has 1 aromatic heterocycles. The summed E-state index contributed by atoms with van der Waals surface area (Å²) in [5, 5.41) is 13.2. The number of anilines is 1. The van der Waals surface area contributed by atoms with E-state index in [9.17, 15) is 23.3 Å². The molecular formula is C34H35N3O5S. The van der Waals surface area contributed by atoms with Crippen molar-refractivity contribution in [2.75, 3.05) is 17.1 Å². The fraction of sp³-hybridized carbons (Fsp3) is 0.324. The molecule has 0 bridgehead atoms. The Morgan fingerprint density at radius 2 is 1.77 bits per heavy atom. The molecule has 1 aliphatic rings. The molecule has 0 saturated heterocycles. The van der Waals surface area contributed by atoms with Crippen LogP contribution in [0.3, 0.4) is 0 Å². The molecule has 1 heterocycles. The topological polar surface area (TPSA) is 120 Å². The number of carbonyl (C=O) groups is 2. The molecule has 8 nitrogen and oxygen atoms in total. The van der Waals surface area contributed by atoms with Gasteiger partial charge in [0, 0.05) is 41.1 Å². The zero-order valence-electron chi connectivity index (χ0n) is 25.0. The van der Waals surface area contributed by atoms with E-state index in [1.54, 1.807) is 57.2 Å². The van der Waals surface area contributed by atoms with E-state index in [1.165, 1.54) is 4.31 Å². The van der Waals surface area contributed by atoms with Gasteiger partial charge in [-0.25, -0.2) is 8.42 Å². The second-order valence-electron chi connectivity index (χ2n) is 11.4. The first-order valence-corrected chi connectivity index (χ1v) is 16.3. The molecule has 1 atom stereocenters. The summed E-state index contributed by atoms with van der Waals surface area (Å²) < 4.78 is 33.5. The van der Waals surface area contributed by atoms with Crippen LogP contribution in [0.15, 0.2) is 65.1 Å². The monoisotopic (exact) mass is 597 g/mol. The number of hydrogen-bond donors (Lipinski definition) is 1. The minimum absolute atomic E-state index is 0.104. The summed E-state index contributed by atoms with van der Waals surface area (Å²) in [7, 11) is -3.70. The van der Waals surface area contributed by atoms with Crippen LogP contribution in [-0.2, 0) is 10.0 Å². The van der Waals surface area contributed by atoms with Gasteiger partial charge in [0.2, 0.25) is 10.0 Å². The molecule has 0 spiro atoms. The van der Waals surface area contributed by atoms with Gasteiger partial charge in [0.1, 0.15) is 16.9 Å². The molecule has 4 aromatic rings. The maximum absolute atomic E-state index is 13.4. The number of aryl methyl sites for hydroxylation is 1. The summed E-state index contributed by atoms with van der Waals surface area (Å²) in [6, 6.07) is 20.2. The standard InChI is InChI=1S/C34H35N3O5S/c1-6-29(38)31-27-18-26(23-9-8-10-24(17-23)33(39)36-34(4,20-35)25-15-16-25)28(37(7-2)43(5,40)41)19-30(27)42-32(31)22-13-11-21(3)12-14-22/h8-14,17-19,25H,6-7,15-16H2,1-5H3,(H,36,39). The number of Topliss-reactive ketones (excluding diaryl/α,β-unsaturated/α-hetero) is 1. The van der Waals surface area contributed by atoms with E-state index in [0.29, 0.717) is 44.7 Å². The lowest BCUT2D eigenvalue weighted by Crippen LogP contribution is -2.46. The second-order valence-corrected chi connectivity index (χ2v) is 13.3. The molecule has 1 amide bonds. The molecule has 1 saturated carbocycles. The van der Waals surface area contributed by atoms with Crippen molar-refractivity contribution in [1.82, 2.24) is 5.32 Å². The normalized spacial score (nSPS) is 14.6. The average molecular weight is 598 g/mol. The summed E-state index contributed by atoms with van der Waals surface area (Å²) in [6.07, 6.45) is 3.17. The number of nitriles is 1. The molecule has 5 rings (SSSR count). The Bertz CT molecular complexity index is 1880. The molecule has 1 unspecified atom stereocenters. The fourth-order valence-electron chi connectivity index (χ4n) is 5.53. The number of carbonyl (C=O) groups excluding carboxylic acids is 2. The van der Waals surface area contributed by atoms with Crippen LogP contribution in [0.2, 0.25) is 0 Å². The van der Waals surface area contributed by atoms with Crippen molar-refractivity contribution in [1.29, 1.82) is 5.26 Å². The van der Waals surface area contributed by atoms with Crippen LogP contribution in [0, 0.1) is 24.2 Å². The van der Waals surface area contributed by atoms with Crippen LogP contribution in [0.5, 0.6) is 0 Å². The van der Waals surface area contributed by atoms with Gasteiger partial charge in [-0.05, 0) is 63.3 Å². The van der Waals surface area contributed by atoms with Crippen molar-refractivity contribution in [2.45, 2.75) is 52.5 Å². The van der Waals surface area contributed by atoms with Crippen molar-refractivity contribution >= 4 is 38.4 Å². The first-order valence-electron chi connectivity index (χ1n) is 14.4. The number of fused-ring (bicyclic) bond motifs is 1. The SMILES string of the molecule is CCC(=O)c1c(-c2ccc(C)cc2)oc2cc(N(CC)S(C)(=O)=O)c(-c3cccc(C(=O)NC(C)(C#N)C4CC4)c3)cc12. The van der Waals surface area contributed by atoms with Crippen LogP contribution >= 0.6 is 0 Å². The van der Waals surface area contributed by atoms with Crippen molar-refractivity contribution in [3.8, 4) is 28.5 Å². The minimum Gasteiger partial charge on any atom is -0.455 e. The molecule has 0 aliphatic heterocycles. The number of rotatable bonds is 10. The molecule has 0 radical (unpaired) electrons. The van der Waals surface area contributed by atoms with Crippen molar-refractivity contribution in [3.05, 3.63) is 77.4 Å². The van der Waals surface area contributed by atoms with Gasteiger partial charge in [0.05, 0.1) is 23.6 Å². The highest BCUT2D eigenvalue weighted by molar-refractivity contribution is 7.92. The zero-order valence-corrected chi connectivity index (χ0v) is 25.8. The number of benzene rings is 3. The summed E-state index contributed by atoms with van der Waals surface area (Å²) in [5.41, 5.74) is 3.48. The quantitative estimate of drug-likeness (QED) is 0.199. The molecule has 9 heteroatoms. The Morgan fingerprint density at radius 1 is 1.07 bits per heavy atom. The number of nitrogens with zero attached hydrogens (tertiary/aromatic N) is 2. The molecule has 43 heavy (non-hydrogen) atoms. The van der Waals surface area contributed by atoms with Crippen LogP contribution in [-0.4, -0.2) is 38.4 Å². The van der Waals surface area contributed by atoms with Gasteiger partial charge in [0.25, 0.3) is 5.91 Å². The predicted molar refractivity (Wildman–Crippen MR) is 169 cm³/mol. The van der Waals surface area contributed by atoms with E-state index in [0.717, 1.165) is 30.2 Å². The number of ketones is 1. The van der Waals surface area contributed by atoms with Crippen molar-refractivity contribution in [2.24, 2.45) is 5.92 Å². The van der Waals surface area contributed by atoms with Crippen LogP contribution in [0.1, 0.15) is 66.3 Å². The predicted octanol–water partition coefficient (Wildman–Crippen LogP) is 6.88. The van der Waals surface area contributed by atoms with Crippen LogP contribution in [0.25, 0.3) is 33.4 Å². The molecule has 222 valence electrons. The van der Waals surface area contributed by atoms with E-state index < -0.39 is 15.6 Å². The Hall–Kier alpha value is -4.42. The molecule has 1 aliphatic carbocycles. The fourth-order valence-corrected chi connectivity index (χ4v) is 6.51. The van der Waals surface area contributed by atoms with Gasteiger partial charge >= 0.3 is 0 Å². The van der Waals surface area contributed by atoms with Gasteiger partial charge in [-0.1, -0.05) is 48.9 Å². The zero-order chi connectivity index (χ0) is 31.1. The molecule has 1 fully saturated rings. The highest BCUT2D eigenvalue weighted by Crippen LogP contribution is 2.43. The number of nitrogens with one attached hydrogen (secondary N) is 1.